The summed E-state index contributed by atoms with van der Waals surface area (Å²) in [5.41, 5.74) is 1.63. The van der Waals surface area contributed by atoms with Gasteiger partial charge in [-0.3, -0.25) is 14.4 Å². The summed E-state index contributed by atoms with van der Waals surface area (Å²) in [4.78, 5) is 40.0. The zero-order chi connectivity index (χ0) is 21.1. The van der Waals surface area contributed by atoms with E-state index >= 15 is 0 Å². The van der Waals surface area contributed by atoms with Gasteiger partial charge in [0, 0.05) is 22.0 Å². The van der Waals surface area contributed by atoms with Crippen molar-refractivity contribution >= 4 is 52.5 Å². The predicted octanol–water partition coefficient (Wildman–Crippen LogP) is 5.02. The minimum absolute atomic E-state index is 0.0702. The van der Waals surface area contributed by atoms with Crippen LogP contribution in [0.3, 0.4) is 0 Å². The number of anilines is 2. The van der Waals surface area contributed by atoms with Crippen LogP contribution in [0.4, 0.5) is 11.4 Å². The Morgan fingerprint density at radius 1 is 0.933 bits per heavy atom. The van der Waals surface area contributed by atoms with E-state index in [4.69, 9.17) is 11.6 Å². The van der Waals surface area contributed by atoms with Gasteiger partial charge in [0.05, 0.1) is 16.5 Å². The highest BCUT2D eigenvalue weighted by Crippen LogP contribution is 2.36. The van der Waals surface area contributed by atoms with Crippen molar-refractivity contribution in [1.82, 2.24) is 0 Å². The summed E-state index contributed by atoms with van der Waals surface area (Å²) in [5, 5.41) is 2.79. The lowest BCUT2D eigenvalue weighted by atomic mass is 10.2. The number of carbonyl (C=O) groups excluding carboxylic acids is 3. The summed E-state index contributed by atoms with van der Waals surface area (Å²) in [6.07, 6.45) is 0.0702. The quantitative estimate of drug-likeness (QED) is 0.570. The Morgan fingerprint density at radius 2 is 1.60 bits per heavy atom. The zero-order valence-electron chi connectivity index (χ0n) is 15.7. The van der Waals surface area contributed by atoms with Gasteiger partial charge in [-0.1, -0.05) is 41.9 Å². The zero-order valence-corrected chi connectivity index (χ0v) is 17.3. The molecule has 0 radical (unpaired) electrons. The normalized spacial score (nSPS) is 16.0. The molecule has 0 bridgehead atoms. The summed E-state index contributed by atoms with van der Waals surface area (Å²) >= 11 is 7.13. The molecule has 0 aliphatic carbocycles. The Balaban J connectivity index is 1.53. The molecule has 0 aromatic heterocycles. The molecule has 150 valence electrons. The van der Waals surface area contributed by atoms with Crippen LogP contribution in [-0.2, 0) is 9.59 Å². The van der Waals surface area contributed by atoms with Crippen molar-refractivity contribution < 1.29 is 14.4 Å². The van der Waals surface area contributed by atoms with Crippen molar-refractivity contribution in [2.45, 2.75) is 16.6 Å². The molecular weight excluding hydrogens is 420 g/mol. The second-order valence-electron chi connectivity index (χ2n) is 6.67. The molecule has 1 aliphatic rings. The molecule has 1 aliphatic heterocycles. The maximum Gasteiger partial charge on any atom is 0.256 e. The van der Waals surface area contributed by atoms with Crippen LogP contribution in [0.25, 0.3) is 0 Å². The fourth-order valence-electron chi connectivity index (χ4n) is 3.19. The van der Waals surface area contributed by atoms with Crippen molar-refractivity contribution in [3.8, 4) is 0 Å². The molecule has 1 fully saturated rings. The number of amides is 3. The van der Waals surface area contributed by atoms with Gasteiger partial charge in [0.25, 0.3) is 5.91 Å². The highest BCUT2D eigenvalue weighted by Gasteiger charge is 2.40. The van der Waals surface area contributed by atoms with Crippen LogP contribution in [0.2, 0.25) is 5.02 Å². The first-order valence-electron chi connectivity index (χ1n) is 9.27. The third-order valence-electron chi connectivity index (χ3n) is 4.62. The Hall–Kier alpha value is -3.09. The summed E-state index contributed by atoms with van der Waals surface area (Å²) in [6.45, 7) is 0. The molecular formula is C23H17ClN2O3S. The summed E-state index contributed by atoms with van der Waals surface area (Å²) in [7, 11) is 0. The van der Waals surface area contributed by atoms with Crippen LogP contribution >= 0.6 is 23.4 Å². The van der Waals surface area contributed by atoms with Crippen LogP contribution in [0, 0.1) is 0 Å². The van der Waals surface area contributed by atoms with Crippen molar-refractivity contribution in [2.24, 2.45) is 0 Å². The van der Waals surface area contributed by atoms with Gasteiger partial charge in [0.1, 0.15) is 0 Å². The first-order valence-corrected chi connectivity index (χ1v) is 10.5. The fraction of sp³-hybridized carbons (Fsp3) is 0.0870. The van der Waals surface area contributed by atoms with Crippen LogP contribution in [0.1, 0.15) is 16.8 Å². The van der Waals surface area contributed by atoms with E-state index in [-0.39, 0.29) is 24.1 Å². The summed E-state index contributed by atoms with van der Waals surface area (Å²) < 4.78 is 0. The maximum atomic E-state index is 12.9. The maximum absolute atomic E-state index is 12.9. The number of nitrogens with one attached hydrogen (secondary N) is 1. The Labute approximate surface area is 183 Å². The summed E-state index contributed by atoms with van der Waals surface area (Å²) in [6, 6.07) is 22.8. The largest absolute Gasteiger partial charge is 0.322 e. The molecule has 3 aromatic rings. The Kier molecular flexibility index (Phi) is 5.88. The molecule has 1 heterocycles. The average Bonchev–Trinajstić information content (AvgIpc) is 3.03. The van der Waals surface area contributed by atoms with Gasteiger partial charge in [-0.05, 0) is 48.5 Å². The smallest absolute Gasteiger partial charge is 0.256 e. The highest BCUT2D eigenvalue weighted by molar-refractivity contribution is 8.00. The van der Waals surface area contributed by atoms with Crippen LogP contribution in [0.5, 0.6) is 0 Å². The average molecular weight is 437 g/mol. The standard InChI is InChI=1S/C23H17ClN2O3S/c24-15-10-12-17(13-11-15)26-21(27)14-20(23(26)29)30-19-9-5-4-8-18(19)22(28)25-16-6-2-1-3-7-16/h1-13,20H,14H2,(H,25,28)/t20-/m0/s1. The molecule has 1 atom stereocenters. The molecule has 3 aromatic carbocycles. The number of hydrogen-bond acceptors (Lipinski definition) is 4. The van der Waals surface area contributed by atoms with Crippen LogP contribution in [0.15, 0.2) is 83.8 Å². The molecule has 0 saturated carbocycles. The lowest BCUT2D eigenvalue weighted by Crippen LogP contribution is -2.31. The second kappa shape index (κ2) is 8.73. The molecule has 7 heteroatoms. The monoisotopic (exact) mass is 436 g/mol. The van der Waals surface area contributed by atoms with E-state index in [2.05, 4.69) is 5.32 Å². The molecule has 1 N–H and O–H groups in total. The van der Waals surface area contributed by atoms with Crippen molar-refractivity contribution in [3.05, 3.63) is 89.4 Å². The lowest BCUT2D eigenvalue weighted by molar-refractivity contribution is -0.121. The number of hydrogen-bond donors (Lipinski definition) is 1. The van der Waals surface area contributed by atoms with Gasteiger partial charge < -0.3 is 5.32 Å². The van der Waals surface area contributed by atoms with E-state index < -0.39 is 5.25 Å². The van der Waals surface area contributed by atoms with Crippen molar-refractivity contribution in [1.29, 1.82) is 0 Å². The lowest BCUT2D eigenvalue weighted by Gasteiger charge is -2.16. The molecule has 0 unspecified atom stereocenters. The van der Waals surface area contributed by atoms with E-state index in [0.717, 1.165) is 0 Å². The van der Waals surface area contributed by atoms with E-state index in [1.54, 1.807) is 60.7 Å². The molecule has 0 spiro atoms. The highest BCUT2D eigenvalue weighted by atomic mass is 35.5. The predicted molar refractivity (Wildman–Crippen MR) is 119 cm³/mol. The van der Waals surface area contributed by atoms with Gasteiger partial charge in [0.15, 0.2) is 0 Å². The summed E-state index contributed by atoms with van der Waals surface area (Å²) in [5.74, 6) is -0.840. The SMILES string of the molecule is O=C(Nc1ccccc1)c1ccccc1S[C@H]1CC(=O)N(c2ccc(Cl)cc2)C1=O. The van der Waals surface area contributed by atoms with Gasteiger partial charge in [-0.2, -0.15) is 0 Å². The molecule has 1 saturated heterocycles. The number of halogens is 1. The first kappa shape index (κ1) is 20.2. The number of rotatable bonds is 5. The number of imide groups is 1. The molecule has 3 amide bonds. The van der Waals surface area contributed by atoms with Crippen LogP contribution < -0.4 is 10.2 Å². The number of nitrogens with zero attached hydrogens (tertiary/aromatic N) is 1. The molecule has 5 nitrogen and oxygen atoms in total. The topological polar surface area (TPSA) is 66.5 Å². The van der Waals surface area contributed by atoms with Gasteiger partial charge in [0.2, 0.25) is 11.8 Å². The van der Waals surface area contributed by atoms with Crippen LogP contribution in [-0.4, -0.2) is 23.0 Å². The van der Waals surface area contributed by atoms with Gasteiger partial charge in [-0.15, -0.1) is 11.8 Å². The van der Waals surface area contributed by atoms with E-state index in [1.807, 2.05) is 18.2 Å². The minimum Gasteiger partial charge on any atom is -0.322 e. The Morgan fingerprint density at radius 3 is 2.33 bits per heavy atom. The first-order chi connectivity index (χ1) is 14.5. The second-order valence-corrected chi connectivity index (χ2v) is 8.35. The third kappa shape index (κ3) is 4.25. The fourth-order valence-corrected chi connectivity index (χ4v) is 4.50. The van der Waals surface area contributed by atoms with E-state index in [9.17, 15) is 14.4 Å². The Bertz CT molecular complexity index is 1100. The van der Waals surface area contributed by atoms with Crippen molar-refractivity contribution in [3.63, 3.8) is 0 Å². The number of benzene rings is 3. The van der Waals surface area contributed by atoms with Gasteiger partial charge in [-0.25, -0.2) is 4.90 Å². The van der Waals surface area contributed by atoms with Gasteiger partial charge >= 0.3 is 0 Å². The van der Waals surface area contributed by atoms with E-state index in [1.165, 1.54) is 16.7 Å². The number of thioether (sulfide) groups is 1. The number of para-hydroxylation sites is 1. The minimum atomic E-state index is -0.598. The molecule has 30 heavy (non-hydrogen) atoms. The number of carbonyl (C=O) groups is 3. The van der Waals surface area contributed by atoms with Crippen molar-refractivity contribution in [2.75, 3.05) is 10.2 Å². The van der Waals surface area contributed by atoms with E-state index in [0.29, 0.717) is 26.9 Å². The molecule has 4 rings (SSSR count). The third-order valence-corrected chi connectivity index (χ3v) is 6.14.